The van der Waals surface area contributed by atoms with Crippen LogP contribution in [-0.4, -0.2) is 12.2 Å². The lowest BCUT2D eigenvalue weighted by Gasteiger charge is -2.24. The molecule has 0 fully saturated rings. The smallest absolute Gasteiger partial charge is 0.128 e. The summed E-state index contributed by atoms with van der Waals surface area (Å²) in [5.74, 6) is 1.03. The Labute approximate surface area is 252 Å². The minimum Gasteiger partial charge on any atom is -0.507 e. The van der Waals surface area contributed by atoms with Gasteiger partial charge in [0.1, 0.15) is 11.5 Å². The number of phenols is 1. The number of methoxy groups -OCH3 is 1. The molecular weight excluding hydrogens is 524 g/mol. The molecular formula is C41H36O2. The summed E-state index contributed by atoms with van der Waals surface area (Å²) < 4.78 is 6.10. The lowest BCUT2D eigenvalue weighted by atomic mass is 9.81. The van der Waals surface area contributed by atoms with Crippen LogP contribution in [0.1, 0.15) is 52.7 Å². The predicted molar refractivity (Wildman–Crippen MR) is 185 cm³/mol. The first kappa shape index (κ1) is 26.1. The Balaban J connectivity index is 1.51. The van der Waals surface area contributed by atoms with Gasteiger partial charge in [-0.1, -0.05) is 114 Å². The van der Waals surface area contributed by atoms with Crippen molar-refractivity contribution in [3.63, 3.8) is 0 Å². The van der Waals surface area contributed by atoms with E-state index in [9.17, 15) is 5.11 Å². The predicted octanol–water partition coefficient (Wildman–Crippen LogP) is 11.5. The average molecular weight is 561 g/mol. The van der Waals surface area contributed by atoms with Gasteiger partial charge in [-0.2, -0.15) is 0 Å². The summed E-state index contributed by atoms with van der Waals surface area (Å²) in [6, 6.07) is 31.1. The fourth-order valence-electron chi connectivity index (χ4n) is 7.29. The highest BCUT2D eigenvalue weighted by Gasteiger charge is 2.25. The number of rotatable bonds is 2. The van der Waals surface area contributed by atoms with Gasteiger partial charge >= 0.3 is 0 Å². The summed E-state index contributed by atoms with van der Waals surface area (Å²) >= 11 is 0. The molecule has 0 spiro atoms. The van der Waals surface area contributed by atoms with Crippen LogP contribution in [0.5, 0.6) is 11.5 Å². The summed E-state index contributed by atoms with van der Waals surface area (Å²) in [5, 5.41) is 25.9. The van der Waals surface area contributed by atoms with Crippen molar-refractivity contribution in [2.75, 3.05) is 7.11 Å². The Kier molecular flexibility index (Phi) is 5.16. The first-order chi connectivity index (χ1) is 20.4. The molecule has 212 valence electrons. The number of hydrogen-bond donors (Lipinski definition) is 1. The minimum atomic E-state index is 0.0522. The van der Waals surface area contributed by atoms with Gasteiger partial charge in [0.05, 0.1) is 7.11 Å². The van der Waals surface area contributed by atoms with Gasteiger partial charge in [0.15, 0.2) is 0 Å². The van der Waals surface area contributed by atoms with Gasteiger partial charge in [-0.25, -0.2) is 0 Å². The van der Waals surface area contributed by atoms with Crippen molar-refractivity contribution in [3.05, 3.63) is 96.1 Å². The van der Waals surface area contributed by atoms with E-state index in [0.29, 0.717) is 0 Å². The van der Waals surface area contributed by atoms with Crippen LogP contribution >= 0.6 is 0 Å². The molecule has 8 aromatic carbocycles. The second-order valence-electron chi connectivity index (χ2n) is 14.4. The lowest BCUT2D eigenvalue weighted by molar-refractivity contribution is 0.417. The largest absolute Gasteiger partial charge is 0.507 e. The van der Waals surface area contributed by atoms with Crippen LogP contribution in [0, 0.1) is 0 Å². The normalized spacial score (nSPS) is 13.1. The zero-order valence-electron chi connectivity index (χ0n) is 25.9. The van der Waals surface area contributed by atoms with Crippen molar-refractivity contribution < 1.29 is 9.84 Å². The third-order valence-electron chi connectivity index (χ3n) is 9.58. The molecule has 43 heavy (non-hydrogen) atoms. The number of hydrogen-bond acceptors (Lipinski definition) is 2. The number of ether oxygens (including phenoxy) is 1. The van der Waals surface area contributed by atoms with Crippen LogP contribution in [0.4, 0.5) is 0 Å². The average Bonchev–Trinajstić information content (AvgIpc) is 2.97. The van der Waals surface area contributed by atoms with E-state index in [-0.39, 0.29) is 16.6 Å². The zero-order chi connectivity index (χ0) is 30.0. The monoisotopic (exact) mass is 560 g/mol. The van der Waals surface area contributed by atoms with Crippen LogP contribution in [0.3, 0.4) is 0 Å². The van der Waals surface area contributed by atoms with Gasteiger partial charge in [-0.3, -0.25) is 0 Å². The Bertz CT molecular complexity index is 2360. The van der Waals surface area contributed by atoms with Crippen LogP contribution in [0.15, 0.2) is 84.9 Å². The fourth-order valence-corrected chi connectivity index (χ4v) is 7.29. The molecule has 0 radical (unpaired) electrons. The van der Waals surface area contributed by atoms with E-state index < -0.39 is 0 Å². The summed E-state index contributed by atoms with van der Waals surface area (Å²) in [4.78, 5) is 0. The van der Waals surface area contributed by atoms with E-state index in [2.05, 4.69) is 120 Å². The highest BCUT2D eigenvalue weighted by atomic mass is 16.5. The molecule has 0 saturated carbocycles. The van der Waals surface area contributed by atoms with Crippen molar-refractivity contribution in [2.45, 2.75) is 52.4 Å². The molecule has 0 saturated heterocycles. The van der Waals surface area contributed by atoms with Gasteiger partial charge in [0.25, 0.3) is 0 Å². The summed E-state index contributed by atoms with van der Waals surface area (Å²) in [5.41, 5.74) is 4.53. The standard InChI is InChI=1S/C41H36O2/c1-40(2,3)28-16-22-8-10-26-20-32(42)38(30-14-12-24(18-28)34(22)36(26)30)39-31-15-13-25-19-29(41(4,5)6)17-23-9-11-27(21-33(39)43-7)37(31)35(23)25/h8-21,42H,1-7H3. The van der Waals surface area contributed by atoms with Gasteiger partial charge in [-0.15, -0.1) is 0 Å². The molecule has 0 aliphatic heterocycles. The van der Waals surface area contributed by atoms with Crippen molar-refractivity contribution in [1.29, 1.82) is 0 Å². The highest BCUT2D eigenvalue weighted by molar-refractivity contribution is 6.31. The Hall–Kier alpha value is -4.56. The molecule has 0 aliphatic rings. The highest BCUT2D eigenvalue weighted by Crippen LogP contribution is 2.51. The summed E-state index contributed by atoms with van der Waals surface area (Å²) in [6.45, 7) is 13.6. The quantitative estimate of drug-likeness (QED) is 0.213. The van der Waals surface area contributed by atoms with Crippen LogP contribution < -0.4 is 4.74 Å². The van der Waals surface area contributed by atoms with E-state index in [1.165, 1.54) is 54.2 Å². The van der Waals surface area contributed by atoms with E-state index >= 15 is 0 Å². The maximum absolute atomic E-state index is 11.8. The van der Waals surface area contributed by atoms with Crippen LogP contribution in [-0.2, 0) is 10.8 Å². The van der Waals surface area contributed by atoms with E-state index in [1.54, 1.807) is 7.11 Å². The molecule has 8 rings (SSSR count). The third kappa shape index (κ3) is 3.65. The van der Waals surface area contributed by atoms with Gasteiger partial charge < -0.3 is 9.84 Å². The molecule has 0 heterocycles. The molecule has 0 atom stereocenters. The zero-order valence-corrected chi connectivity index (χ0v) is 25.9. The SMILES string of the molecule is COc1cc2ccc3cc(C(C)(C)C)cc4ccc(c1-c1c(O)cc5ccc6cc(C(C)(C)C)cc7ccc1c5c67)c2c34. The van der Waals surface area contributed by atoms with E-state index in [4.69, 9.17) is 4.74 Å². The molecule has 0 amide bonds. The lowest BCUT2D eigenvalue weighted by Crippen LogP contribution is -2.10. The van der Waals surface area contributed by atoms with Gasteiger partial charge in [0.2, 0.25) is 0 Å². The molecule has 2 heteroatoms. The van der Waals surface area contributed by atoms with E-state index in [1.807, 2.05) is 6.07 Å². The van der Waals surface area contributed by atoms with Crippen molar-refractivity contribution >= 4 is 64.6 Å². The Morgan fingerprint density at radius 2 is 0.837 bits per heavy atom. The number of phenolic OH excluding ortho intramolecular Hbond substituents is 1. The molecule has 0 unspecified atom stereocenters. The maximum atomic E-state index is 11.8. The molecule has 1 N–H and O–H groups in total. The molecule has 8 aromatic rings. The van der Waals surface area contributed by atoms with Crippen LogP contribution in [0.25, 0.3) is 75.8 Å². The van der Waals surface area contributed by atoms with Gasteiger partial charge in [-0.05, 0) is 98.7 Å². The fraction of sp³-hybridized carbons (Fsp3) is 0.220. The molecule has 2 nitrogen and oxygen atoms in total. The second-order valence-corrected chi connectivity index (χ2v) is 14.4. The van der Waals surface area contributed by atoms with Crippen molar-refractivity contribution in [3.8, 4) is 22.6 Å². The summed E-state index contributed by atoms with van der Waals surface area (Å²) in [7, 11) is 1.73. The molecule has 0 aliphatic carbocycles. The maximum Gasteiger partial charge on any atom is 0.128 e. The van der Waals surface area contributed by atoms with Crippen LogP contribution in [0.2, 0.25) is 0 Å². The number of benzene rings is 8. The topological polar surface area (TPSA) is 29.5 Å². The Morgan fingerprint density at radius 1 is 0.465 bits per heavy atom. The summed E-state index contributed by atoms with van der Waals surface area (Å²) in [6.07, 6.45) is 0. The van der Waals surface area contributed by atoms with Crippen molar-refractivity contribution in [1.82, 2.24) is 0 Å². The first-order valence-electron chi connectivity index (χ1n) is 15.2. The molecule has 0 aromatic heterocycles. The second kappa shape index (κ2) is 8.51. The molecule has 0 bridgehead atoms. The minimum absolute atomic E-state index is 0.0522. The third-order valence-corrected chi connectivity index (χ3v) is 9.58. The van der Waals surface area contributed by atoms with E-state index in [0.717, 1.165) is 38.4 Å². The first-order valence-corrected chi connectivity index (χ1v) is 15.2. The number of aromatic hydroxyl groups is 1. The van der Waals surface area contributed by atoms with Crippen molar-refractivity contribution in [2.24, 2.45) is 0 Å². The van der Waals surface area contributed by atoms with Gasteiger partial charge in [0, 0.05) is 11.1 Å². The Morgan fingerprint density at radius 3 is 1.26 bits per heavy atom.